The molecule has 1 aliphatic heterocycles. The summed E-state index contributed by atoms with van der Waals surface area (Å²) in [5, 5.41) is 8.61. The van der Waals surface area contributed by atoms with E-state index < -0.39 is 0 Å². The highest BCUT2D eigenvalue weighted by Crippen LogP contribution is 2.38. The van der Waals surface area contributed by atoms with Gasteiger partial charge in [-0.25, -0.2) is 0 Å². The maximum Gasteiger partial charge on any atom is 0.257 e. The van der Waals surface area contributed by atoms with E-state index in [9.17, 15) is 0 Å². The van der Waals surface area contributed by atoms with Gasteiger partial charge in [0.25, 0.3) is 5.89 Å². The Balaban J connectivity index is 1.56. The normalized spacial score (nSPS) is 17.4. The fourth-order valence-corrected chi connectivity index (χ4v) is 4.40. The summed E-state index contributed by atoms with van der Waals surface area (Å²) in [6.45, 7) is 3.81. The monoisotopic (exact) mass is 385 g/mol. The van der Waals surface area contributed by atoms with Crippen LogP contribution < -0.4 is 9.47 Å². The molecule has 27 heavy (non-hydrogen) atoms. The van der Waals surface area contributed by atoms with Crippen LogP contribution in [-0.2, 0) is 6.54 Å². The van der Waals surface area contributed by atoms with Gasteiger partial charge in [0, 0.05) is 17.0 Å². The molecule has 3 aromatic rings. The van der Waals surface area contributed by atoms with Gasteiger partial charge in [0.2, 0.25) is 5.89 Å². The third-order valence-electron chi connectivity index (χ3n) is 4.90. The second-order valence-electron chi connectivity index (χ2n) is 6.64. The summed E-state index contributed by atoms with van der Waals surface area (Å²) < 4.78 is 17.0. The first-order chi connectivity index (χ1) is 13.2. The lowest BCUT2D eigenvalue weighted by Gasteiger charge is -2.23. The van der Waals surface area contributed by atoms with Gasteiger partial charge in [-0.2, -0.15) is 0 Å². The van der Waals surface area contributed by atoms with Gasteiger partial charge in [-0.1, -0.05) is 12.1 Å². The fourth-order valence-electron chi connectivity index (χ4n) is 3.61. The molecule has 0 radical (unpaired) electrons. The van der Waals surface area contributed by atoms with Crippen LogP contribution in [0.2, 0.25) is 0 Å². The third kappa shape index (κ3) is 3.57. The lowest BCUT2D eigenvalue weighted by molar-refractivity contribution is 0.212. The Labute approximate surface area is 162 Å². The lowest BCUT2D eigenvalue weighted by atomic mass is 10.1. The van der Waals surface area contributed by atoms with Gasteiger partial charge < -0.3 is 13.9 Å². The highest BCUT2D eigenvalue weighted by atomic mass is 32.1. The van der Waals surface area contributed by atoms with Crippen molar-refractivity contribution in [1.29, 1.82) is 0 Å². The molecule has 0 saturated carbocycles. The molecular weight excluding hydrogens is 362 g/mol. The molecule has 1 aliphatic rings. The van der Waals surface area contributed by atoms with Gasteiger partial charge in [-0.15, -0.1) is 21.5 Å². The van der Waals surface area contributed by atoms with Crippen molar-refractivity contribution in [2.45, 2.75) is 32.4 Å². The number of aromatic nitrogens is 2. The zero-order valence-electron chi connectivity index (χ0n) is 15.8. The summed E-state index contributed by atoms with van der Waals surface area (Å²) in [5.74, 6) is 2.83. The number of nitrogens with zero attached hydrogens (tertiary/aromatic N) is 3. The van der Waals surface area contributed by atoms with Crippen molar-refractivity contribution in [1.82, 2.24) is 15.1 Å². The fraction of sp³-hybridized carbons (Fsp3) is 0.400. The molecule has 1 fully saturated rings. The van der Waals surface area contributed by atoms with E-state index in [1.807, 2.05) is 18.2 Å². The van der Waals surface area contributed by atoms with Crippen LogP contribution in [0.15, 0.2) is 34.7 Å². The van der Waals surface area contributed by atoms with Crippen molar-refractivity contribution in [3.05, 3.63) is 46.7 Å². The van der Waals surface area contributed by atoms with Gasteiger partial charge in [-0.05, 0) is 44.5 Å². The van der Waals surface area contributed by atoms with Crippen LogP contribution in [0.5, 0.6) is 11.5 Å². The van der Waals surface area contributed by atoms with Crippen LogP contribution in [0.4, 0.5) is 0 Å². The largest absolute Gasteiger partial charge is 0.493 e. The molecule has 142 valence electrons. The summed E-state index contributed by atoms with van der Waals surface area (Å²) in [6.07, 6.45) is 2.12. The quantitative estimate of drug-likeness (QED) is 0.624. The molecule has 0 aliphatic carbocycles. The van der Waals surface area contributed by atoms with E-state index in [2.05, 4.69) is 34.2 Å². The van der Waals surface area contributed by atoms with Crippen molar-refractivity contribution >= 4 is 11.3 Å². The second kappa shape index (κ2) is 7.70. The number of para-hydroxylation sites is 1. The zero-order valence-corrected chi connectivity index (χ0v) is 16.6. The molecule has 0 spiro atoms. The molecule has 0 unspecified atom stereocenters. The number of hydrogen-bond acceptors (Lipinski definition) is 7. The summed E-state index contributed by atoms with van der Waals surface area (Å²) >= 11 is 1.67. The summed E-state index contributed by atoms with van der Waals surface area (Å²) in [7, 11) is 3.34. The van der Waals surface area contributed by atoms with E-state index in [4.69, 9.17) is 13.9 Å². The Morgan fingerprint density at radius 3 is 2.81 bits per heavy atom. The number of aryl methyl sites for hydroxylation is 1. The van der Waals surface area contributed by atoms with Gasteiger partial charge >= 0.3 is 0 Å². The average molecular weight is 385 g/mol. The first-order valence-electron chi connectivity index (χ1n) is 9.03. The minimum absolute atomic E-state index is 0.128. The lowest BCUT2D eigenvalue weighted by Crippen LogP contribution is -2.23. The predicted octanol–water partition coefficient (Wildman–Crippen LogP) is 4.46. The molecule has 2 aromatic heterocycles. The topological polar surface area (TPSA) is 60.6 Å². The van der Waals surface area contributed by atoms with Crippen molar-refractivity contribution in [3.63, 3.8) is 0 Å². The second-order valence-corrected chi connectivity index (χ2v) is 7.92. The van der Waals surface area contributed by atoms with Crippen LogP contribution in [0.3, 0.4) is 0 Å². The Morgan fingerprint density at radius 1 is 1.19 bits per heavy atom. The van der Waals surface area contributed by atoms with Gasteiger partial charge in [0.15, 0.2) is 11.5 Å². The minimum Gasteiger partial charge on any atom is -0.493 e. The van der Waals surface area contributed by atoms with E-state index in [1.165, 1.54) is 4.88 Å². The minimum atomic E-state index is 0.128. The van der Waals surface area contributed by atoms with Crippen molar-refractivity contribution in [3.8, 4) is 22.3 Å². The number of hydrogen-bond donors (Lipinski definition) is 0. The standard InChI is InChI=1S/C20H23N3O3S/c1-13-9-10-17(27-13)20-22-21-19(26-20)15-7-5-11-23(15)12-14-6-4-8-16(24-2)18(14)25-3/h4,6,8-10,15H,5,7,11-12H2,1-3H3/t15-/m0/s1. The molecule has 0 bridgehead atoms. The maximum atomic E-state index is 6.03. The van der Waals surface area contributed by atoms with Crippen molar-refractivity contribution in [2.24, 2.45) is 0 Å². The van der Waals surface area contributed by atoms with E-state index in [0.717, 1.165) is 47.9 Å². The molecule has 4 rings (SSSR count). The Kier molecular flexibility index (Phi) is 5.13. The van der Waals surface area contributed by atoms with Gasteiger partial charge in [0.05, 0.1) is 25.1 Å². The smallest absolute Gasteiger partial charge is 0.257 e. The first-order valence-corrected chi connectivity index (χ1v) is 9.85. The van der Waals surface area contributed by atoms with Gasteiger partial charge in [-0.3, -0.25) is 4.90 Å². The average Bonchev–Trinajstić information content (AvgIpc) is 3.41. The summed E-state index contributed by atoms with van der Waals surface area (Å²) in [5.41, 5.74) is 1.09. The SMILES string of the molecule is COc1cccc(CN2CCC[C@H]2c2nnc(-c3ccc(C)s3)o2)c1OC. The van der Waals surface area contributed by atoms with E-state index in [0.29, 0.717) is 11.8 Å². The van der Waals surface area contributed by atoms with Crippen LogP contribution >= 0.6 is 11.3 Å². The molecule has 1 aromatic carbocycles. The number of likely N-dealkylation sites (tertiary alicyclic amines) is 1. The number of benzene rings is 1. The van der Waals surface area contributed by atoms with Crippen LogP contribution in [0.1, 0.15) is 35.2 Å². The number of thiophene rings is 1. The number of methoxy groups -OCH3 is 2. The Bertz CT molecular complexity index is 921. The summed E-state index contributed by atoms with van der Waals surface area (Å²) in [4.78, 5) is 4.62. The zero-order chi connectivity index (χ0) is 18.8. The van der Waals surface area contributed by atoms with E-state index in [1.54, 1.807) is 25.6 Å². The van der Waals surface area contributed by atoms with Crippen LogP contribution in [0.25, 0.3) is 10.8 Å². The van der Waals surface area contributed by atoms with Crippen LogP contribution in [-0.4, -0.2) is 35.9 Å². The van der Waals surface area contributed by atoms with Crippen molar-refractivity contribution < 1.29 is 13.9 Å². The number of rotatable bonds is 6. The number of ether oxygens (including phenoxy) is 2. The Hall–Kier alpha value is -2.38. The molecule has 3 heterocycles. The molecule has 0 amide bonds. The van der Waals surface area contributed by atoms with Crippen molar-refractivity contribution in [2.75, 3.05) is 20.8 Å². The highest BCUT2D eigenvalue weighted by molar-refractivity contribution is 7.15. The third-order valence-corrected chi connectivity index (χ3v) is 5.89. The maximum absolute atomic E-state index is 6.03. The van der Waals surface area contributed by atoms with E-state index >= 15 is 0 Å². The van der Waals surface area contributed by atoms with E-state index in [-0.39, 0.29) is 6.04 Å². The molecule has 1 atom stereocenters. The molecule has 1 saturated heterocycles. The van der Waals surface area contributed by atoms with Crippen LogP contribution in [0, 0.1) is 6.92 Å². The molecular formula is C20H23N3O3S. The van der Waals surface area contributed by atoms with Gasteiger partial charge in [0.1, 0.15) is 0 Å². The predicted molar refractivity (Wildman–Crippen MR) is 104 cm³/mol. The highest BCUT2D eigenvalue weighted by Gasteiger charge is 2.31. The summed E-state index contributed by atoms with van der Waals surface area (Å²) in [6, 6.07) is 10.2. The molecule has 6 nitrogen and oxygen atoms in total. The first kappa shape index (κ1) is 18.0. The molecule has 7 heteroatoms. The Morgan fingerprint density at radius 2 is 2.07 bits per heavy atom. The molecule has 0 N–H and O–H groups in total.